The number of nitrogens with one attached hydrogen (secondary N) is 1. The largest absolute Gasteiger partial charge is 0.457 e. The molecule has 2 aromatic carbocycles. The van der Waals surface area contributed by atoms with Crippen LogP contribution in [0.1, 0.15) is 38.8 Å². The summed E-state index contributed by atoms with van der Waals surface area (Å²) >= 11 is 0. The standard InChI is InChI=1S/C29H33N3O6/c1-19(2)26-28(36)32(24(16-31(26)18-33)22-13-9-6-10-14-22)17-25(34)30-23(15-21-11-7-5-8-12-21)27(35)29(37)38-20(3)4/h5-14,16,18-20,23,26H,15,17H2,1-4H3,(H,30,34)/t23-,26?/m0/s1. The molecular weight excluding hydrogens is 486 g/mol. The van der Waals surface area contributed by atoms with Gasteiger partial charge in [0, 0.05) is 12.6 Å². The highest BCUT2D eigenvalue weighted by molar-refractivity contribution is 6.36. The Bertz CT molecular complexity index is 1190. The Kier molecular flexibility index (Phi) is 9.54. The van der Waals surface area contributed by atoms with Gasteiger partial charge in [0.25, 0.3) is 11.7 Å². The molecule has 0 radical (unpaired) electrons. The van der Waals surface area contributed by atoms with Crippen molar-refractivity contribution >= 4 is 35.7 Å². The smallest absolute Gasteiger partial charge is 0.377 e. The van der Waals surface area contributed by atoms with Gasteiger partial charge in [-0.05, 0) is 30.9 Å². The van der Waals surface area contributed by atoms with E-state index in [2.05, 4.69) is 5.32 Å². The van der Waals surface area contributed by atoms with Gasteiger partial charge in [0.1, 0.15) is 18.6 Å². The van der Waals surface area contributed by atoms with E-state index in [9.17, 15) is 24.0 Å². The Balaban J connectivity index is 1.90. The van der Waals surface area contributed by atoms with Crippen molar-refractivity contribution in [1.29, 1.82) is 0 Å². The summed E-state index contributed by atoms with van der Waals surface area (Å²) in [6, 6.07) is 15.9. The Hall–Kier alpha value is -4.27. The van der Waals surface area contributed by atoms with E-state index in [4.69, 9.17) is 4.74 Å². The SMILES string of the molecule is CC(C)OC(=O)C(=O)[C@H](Cc1ccccc1)NC(=O)CN1C(=O)C(C(C)C)N(C=O)C=C1c1ccccc1. The number of carbonyl (C=O) groups is 5. The molecule has 0 bridgehead atoms. The van der Waals surface area contributed by atoms with Gasteiger partial charge in [-0.2, -0.15) is 0 Å². The molecule has 1 aliphatic rings. The maximum atomic E-state index is 13.6. The first-order valence-electron chi connectivity index (χ1n) is 12.5. The highest BCUT2D eigenvalue weighted by Gasteiger charge is 2.39. The van der Waals surface area contributed by atoms with Crippen LogP contribution in [0.5, 0.6) is 0 Å². The summed E-state index contributed by atoms with van der Waals surface area (Å²) in [5.41, 5.74) is 1.75. The molecule has 2 aromatic rings. The van der Waals surface area contributed by atoms with Crippen LogP contribution in [-0.2, 0) is 35.1 Å². The molecule has 0 aromatic heterocycles. The van der Waals surface area contributed by atoms with Gasteiger partial charge < -0.3 is 15.0 Å². The monoisotopic (exact) mass is 519 g/mol. The van der Waals surface area contributed by atoms with Crippen molar-refractivity contribution in [1.82, 2.24) is 15.1 Å². The zero-order chi connectivity index (χ0) is 27.8. The fraction of sp³-hybridized carbons (Fsp3) is 0.345. The number of nitrogens with zero attached hydrogens (tertiary/aromatic N) is 2. The van der Waals surface area contributed by atoms with Crippen molar-refractivity contribution < 1.29 is 28.7 Å². The molecule has 1 aliphatic heterocycles. The van der Waals surface area contributed by atoms with E-state index in [1.807, 2.05) is 26.0 Å². The van der Waals surface area contributed by atoms with Gasteiger partial charge in [-0.1, -0.05) is 74.5 Å². The number of hydrogen-bond donors (Lipinski definition) is 1. The van der Waals surface area contributed by atoms with Crippen LogP contribution in [-0.4, -0.2) is 64.5 Å². The highest BCUT2D eigenvalue weighted by atomic mass is 16.5. The number of hydrogen-bond acceptors (Lipinski definition) is 6. The topological polar surface area (TPSA) is 113 Å². The molecule has 3 amide bonds. The van der Waals surface area contributed by atoms with E-state index < -0.39 is 48.3 Å². The fourth-order valence-electron chi connectivity index (χ4n) is 4.28. The number of amides is 3. The number of rotatable bonds is 11. The van der Waals surface area contributed by atoms with E-state index >= 15 is 0 Å². The second kappa shape index (κ2) is 12.8. The van der Waals surface area contributed by atoms with E-state index in [-0.39, 0.29) is 12.3 Å². The predicted molar refractivity (Wildman–Crippen MR) is 141 cm³/mol. The van der Waals surface area contributed by atoms with Crippen LogP contribution in [0.3, 0.4) is 0 Å². The molecule has 200 valence electrons. The molecule has 1 unspecified atom stereocenters. The fourth-order valence-corrected chi connectivity index (χ4v) is 4.28. The van der Waals surface area contributed by atoms with Crippen LogP contribution >= 0.6 is 0 Å². The molecule has 2 atom stereocenters. The van der Waals surface area contributed by atoms with Gasteiger partial charge >= 0.3 is 5.97 Å². The first kappa shape index (κ1) is 28.3. The first-order valence-corrected chi connectivity index (χ1v) is 12.5. The van der Waals surface area contributed by atoms with Crippen LogP contribution in [0.25, 0.3) is 5.70 Å². The van der Waals surface area contributed by atoms with Gasteiger partial charge in [-0.3, -0.25) is 24.1 Å². The molecule has 0 saturated carbocycles. The lowest BCUT2D eigenvalue weighted by Gasteiger charge is -2.39. The second-order valence-corrected chi connectivity index (χ2v) is 9.67. The molecule has 0 saturated heterocycles. The number of Topliss-reactive ketones (excluding diaryl/α,β-unsaturated/α-hetero) is 1. The Morgan fingerprint density at radius 2 is 1.58 bits per heavy atom. The third-order valence-electron chi connectivity index (χ3n) is 6.01. The quantitative estimate of drug-likeness (QED) is 0.277. The maximum Gasteiger partial charge on any atom is 0.377 e. The summed E-state index contributed by atoms with van der Waals surface area (Å²) in [7, 11) is 0. The average Bonchev–Trinajstić information content (AvgIpc) is 2.89. The molecule has 9 heteroatoms. The zero-order valence-corrected chi connectivity index (χ0v) is 22.0. The third kappa shape index (κ3) is 6.94. The van der Waals surface area contributed by atoms with Gasteiger partial charge in [0.2, 0.25) is 12.3 Å². The normalized spacial score (nSPS) is 16.2. The average molecular weight is 520 g/mol. The lowest BCUT2D eigenvalue weighted by molar-refractivity contribution is -0.157. The minimum atomic E-state index is -1.19. The number of benzene rings is 2. The lowest BCUT2D eigenvalue weighted by Crippen LogP contribution is -2.55. The number of carbonyl (C=O) groups excluding carboxylic acids is 5. The van der Waals surface area contributed by atoms with Crippen molar-refractivity contribution in [2.75, 3.05) is 6.54 Å². The van der Waals surface area contributed by atoms with Crippen molar-refractivity contribution in [3.63, 3.8) is 0 Å². The molecular formula is C29H33N3O6. The number of ketones is 1. The molecule has 1 heterocycles. The van der Waals surface area contributed by atoms with Crippen LogP contribution in [0.2, 0.25) is 0 Å². The minimum Gasteiger partial charge on any atom is -0.457 e. The summed E-state index contributed by atoms with van der Waals surface area (Å²) in [4.78, 5) is 66.6. The van der Waals surface area contributed by atoms with Gasteiger partial charge in [-0.15, -0.1) is 0 Å². The van der Waals surface area contributed by atoms with Gasteiger partial charge in [0.05, 0.1) is 11.8 Å². The van der Waals surface area contributed by atoms with Crippen molar-refractivity contribution in [2.24, 2.45) is 5.92 Å². The number of ether oxygens (including phenoxy) is 1. The van der Waals surface area contributed by atoms with Gasteiger partial charge in [-0.25, -0.2) is 4.79 Å². The molecule has 0 spiro atoms. The highest BCUT2D eigenvalue weighted by Crippen LogP contribution is 2.29. The lowest BCUT2D eigenvalue weighted by atomic mass is 9.97. The summed E-state index contributed by atoms with van der Waals surface area (Å²) in [5, 5.41) is 2.63. The Morgan fingerprint density at radius 1 is 0.974 bits per heavy atom. The number of esters is 1. The Morgan fingerprint density at radius 3 is 2.13 bits per heavy atom. The van der Waals surface area contributed by atoms with E-state index in [0.717, 1.165) is 5.56 Å². The minimum absolute atomic E-state index is 0.0709. The molecule has 3 rings (SSSR count). The van der Waals surface area contributed by atoms with Crippen molar-refractivity contribution in [3.8, 4) is 0 Å². The zero-order valence-electron chi connectivity index (χ0n) is 22.0. The molecule has 0 aliphatic carbocycles. The summed E-state index contributed by atoms with van der Waals surface area (Å²) in [6.07, 6.45) is 1.71. The first-order chi connectivity index (χ1) is 18.1. The second-order valence-electron chi connectivity index (χ2n) is 9.67. The van der Waals surface area contributed by atoms with Crippen LogP contribution in [0, 0.1) is 5.92 Å². The van der Waals surface area contributed by atoms with Crippen LogP contribution < -0.4 is 5.32 Å². The van der Waals surface area contributed by atoms with Crippen LogP contribution in [0.15, 0.2) is 66.9 Å². The van der Waals surface area contributed by atoms with E-state index in [1.165, 1.54) is 9.80 Å². The van der Waals surface area contributed by atoms with Gasteiger partial charge in [0.15, 0.2) is 0 Å². The van der Waals surface area contributed by atoms with E-state index in [1.54, 1.807) is 68.6 Å². The molecule has 9 nitrogen and oxygen atoms in total. The molecule has 1 N–H and O–H groups in total. The summed E-state index contributed by atoms with van der Waals surface area (Å²) < 4.78 is 5.07. The van der Waals surface area contributed by atoms with Crippen molar-refractivity contribution in [2.45, 2.75) is 52.3 Å². The molecule has 0 fully saturated rings. The Labute approximate surface area is 222 Å². The maximum absolute atomic E-state index is 13.6. The molecule has 38 heavy (non-hydrogen) atoms. The summed E-state index contributed by atoms with van der Waals surface area (Å²) in [5.74, 6) is -3.19. The van der Waals surface area contributed by atoms with E-state index in [0.29, 0.717) is 17.7 Å². The van der Waals surface area contributed by atoms with Crippen LogP contribution in [0.4, 0.5) is 0 Å². The predicted octanol–water partition coefficient (Wildman–Crippen LogP) is 2.56. The van der Waals surface area contributed by atoms with Crippen molar-refractivity contribution in [3.05, 3.63) is 78.0 Å². The third-order valence-corrected chi connectivity index (χ3v) is 6.01. The summed E-state index contributed by atoms with van der Waals surface area (Å²) in [6.45, 7) is 6.47.